The van der Waals surface area contributed by atoms with E-state index in [9.17, 15) is 22.4 Å². The van der Waals surface area contributed by atoms with Crippen molar-refractivity contribution in [3.8, 4) is 11.5 Å². The molecule has 0 saturated heterocycles. The maximum absolute atomic E-state index is 13.3. The first-order valence-corrected chi connectivity index (χ1v) is 7.74. The summed E-state index contributed by atoms with van der Waals surface area (Å²) >= 11 is 0. The zero-order valence-corrected chi connectivity index (χ0v) is 13.7. The molecule has 1 aromatic heterocycles. The second kappa shape index (κ2) is 7.48. The molecule has 0 saturated carbocycles. The Balaban J connectivity index is 1.70. The van der Waals surface area contributed by atoms with Gasteiger partial charge in [-0.1, -0.05) is 18.2 Å². The molecule has 0 unspecified atom stereocenters. The minimum atomic E-state index is -4.58. The summed E-state index contributed by atoms with van der Waals surface area (Å²) in [5.41, 5.74) is -0.792. The number of nitrogens with one attached hydrogen (secondary N) is 1. The Morgan fingerprint density at radius 3 is 2.59 bits per heavy atom. The van der Waals surface area contributed by atoms with Gasteiger partial charge in [-0.3, -0.25) is 9.48 Å². The number of nitrogens with zero attached hydrogens (tertiary/aromatic N) is 2. The Bertz CT molecular complexity index is 954. The zero-order chi connectivity index (χ0) is 19.4. The van der Waals surface area contributed by atoms with Crippen molar-refractivity contribution >= 4 is 11.6 Å². The lowest BCUT2D eigenvalue weighted by molar-refractivity contribution is -0.141. The summed E-state index contributed by atoms with van der Waals surface area (Å²) in [6.07, 6.45) is -3.51. The van der Waals surface area contributed by atoms with Gasteiger partial charge in [-0.2, -0.15) is 18.3 Å². The topological polar surface area (TPSA) is 56.2 Å². The van der Waals surface area contributed by atoms with E-state index in [1.54, 1.807) is 30.3 Å². The number of aromatic nitrogens is 2. The average Bonchev–Trinajstić information content (AvgIpc) is 3.05. The highest BCUT2D eigenvalue weighted by atomic mass is 19.4. The second-order valence-corrected chi connectivity index (χ2v) is 5.50. The number of ether oxygens (including phenoxy) is 1. The van der Waals surface area contributed by atoms with Crippen molar-refractivity contribution in [2.75, 3.05) is 5.32 Å². The highest BCUT2D eigenvalue weighted by Gasteiger charge is 2.33. The van der Waals surface area contributed by atoms with Gasteiger partial charge >= 0.3 is 6.18 Å². The van der Waals surface area contributed by atoms with E-state index in [1.165, 1.54) is 18.2 Å². The predicted molar refractivity (Wildman–Crippen MR) is 88.8 cm³/mol. The number of benzene rings is 2. The summed E-state index contributed by atoms with van der Waals surface area (Å²) in [4.78, 5) is 12.1. The quantitative estimate of drug-likeness (QED) is 0.666. The molecule has 140 valence electrons. The van der Waals surface area contributed by atoms with Crippen molar-refractivity contribution in [1.82, 2.24) is 9.78 Å². The third-order valence-corrected chi connectivity index (χ3v) is 3.42. The molecule has 0 aliphatic heterocycles. The number of alkyl halides is 3. The summed E-state index contributed by atoms with van der Waals surface area (Å²) in [5, 5.41) is 5.86. The van der Waals surface area contributed by atoms with Crippen LogP contribution >= 0.6 is 0 Å². The van der Waals surface area contributed by atoms with Crippen LogP contribution in [0.2, 0.25) is 0 Å². The number of hydrogen-bond donors (Lipinski definition) is 1. The van der Waals surface area contributed by atoms with Crippen LogP contribution in [0, 0.1) is 5.82 Å². The van der Waals surface area contributed by atoms with Crippen LogP contribution in [-0.2, 0) is 17.5 Å². The van der Waals surface area contributed by atoms with E-state index >= 15 is 0 Å². The summed E-state index contributed by atoms with van der Waals surface area (Å²) in [6.45, 7) is -0.412. The first-order valence-electron chi connectivity index (χ1n) is 7.74. The maximum atomic E-state index is 13.3. The van der Waals surface area contributed by atoms with Crippen molar-refractivity contribution in [3.63, 3.8) is 0 Å². The minimum absolute atomic E-state index is 0.235. The first-order chi connectivity index (χ1) is 12.8. The van der Waals surface area contributed by atoms with Crippen LogP contribution in [0.1, 0.15) is 5.69 Å². The van der Waals surface area contributed by atoms with Gasteiger partial charge in [-0.15, -0.1) is 0 Å². The number of amides is 1. The standard InChI is InChI=1S/C18H13F4N3O2/c19-12-4-3-5-13(10-12)27-15-7-2-1-6-14(15)23-17(26)11-25-9-8-16(24-25)18(20,21)22/h1-10H,11H2,(H,23,26). The minimum Gasteiger partial charge on any atom is -0.455 e. The highest BCUT2D eigenvalue weighted by molar-refractivity contribution is 5.92. The predicted octanol–water partition coefficient (Wildman–Crippen LogP) is 4.47. The lowest BCUT2D eigenvalue weighted by Gasteiger charge is -2.12. The highest BCUT2D eigenvalue weighted by Crippen LogP contribution is 2.30. The van der Waals surface area contributed by atoms with Gasteiger partial charge in [-0.25, -0.2) is 4.39 Å². The van der Waals surface area contributed by atoms with Crippen LogP contribution in [0.3, 0.4) is 0 Å². The summed E-state index contributed by atoms with van der Waals surface area (Å²) in [5.74, 6) is -0.582. The molecular formula is C18H13F4N3O2. The molecule has 0 bridgehead atoms. The zero-order valence-electron chi connectivity index (χ0n) is 13.7. The normalized spacial score (nSPS) is 11.3. The molecule has 27 heavy (non-hydrogen) atoms. The lowest BCUT2D eigenvalue weighted by atomic mass is 10.2. The van der Waals surface area contributed by atoms with Crippen molar-refractivity contribution < 1.29 is 27.1 Å². The number of carbonyl (C=O) groups is 1. The first kappa shape index (κ1) is 18.4. The van der Waals surface area contributed by atoms with Crippen molar-refractivity contribution in [1.29, 1.82) is 0 Å². The largest absolute Gasteiger partial charge is 0.455 e. The summed E-state index contributed by atoms with van der Waals surface area (Å²) < 4.78 is 57.4. The van der Waals surface area contributed by atoms with E-state index in [0.717, 1.165) is 16.9 Å². The van der Waals surface area contributed by atoms with E-state index in [1.807, 2.05) is 0 Å². The molecule has 0 atom stereocenters. The molecular weight excluding hydrogens is 366 g/mol. The average molecular weight is 379 g/mol. The van der Waals surface area contributed by atoms with Gasteiger partial charge in [0.2, 0.25) is 5.91 Å². The number of carbonyl (C=O) groups excluding carboxylic acids is 1. The van der Waals surface area contributed by atoms with Crippen molar-refractivity contribution in [2.24, 2.45) is 0 Å². The van der Waals surface area contributed by atoms with Crippen LogP contribution in [0.25, 0.3) is 0 Å². The molecule has 0 fully saturated rings. The van der Waals surface area contributed by atoms with E-state index in [4.69, 9.17) is 4.74 Å². The number of hydrogen-bond acceptors (Lipinski definition) is 3. The molecule has 0 aliphatic rings. The number of anilines is 1. The molecule has 0 aliphatic carbocycles. The van der Waals surface area contributed by atoms with Gasteiger partial charge < -0.3 is 10.1 Å². The fourth-order valence-corrected chi connectivity index (χ4v) is 2.25. The number of halogens is 4. The van der Waals surface area contributed by atoms with E-state index < -0.39 is 30.1 Å². The molecule has 1 amide bonds. The Morgan fingerprint density at radius 2 is 1.89 bits per heavy atom. The molecule has 5 nitrogen and oxygen atoms in total. The van der Waals surface area contributed by atoms with E-state index in [-0.39, 0.29) is 17.2 Å². The fraction of sp³-hybridized carbons (Fsp3) is 0.111. The van der Waals surface area contributed by atoms with Crippen LogP contribution < -0.4 is 10.1 Å². The van der Waals surface area contributed by atoms with E-state index in [0.29, 0.717) is 0 Å². The van der Waals surface area contributed by atoms with Crippen molar-refractivity contribution in [3.05, 3.63) is 72.3 Å². The third-order valence-electron chi connectivity index (χ3n) is 3.42. The van der Waals surface area contributed by atoms with Gasteiger partial charge in [0.25, 0.3) is 0 Å². The van der Waals surface area contributed by atoms with Gasteiger partial charge in [-0.05, 0) is 30.3 Å². The van der Waals surface area contributed by atoms with Crippen molar-refractivity contribution in [2.45, 2.75) is 12.7 Å². The molecule has 2 aromatic carbocycles. The van der Waals surface area contributed by atoms with Crippen LogP contribution in [0.5, 0.6) is 11.5 Å². The van der Waals surface area contributed by atoms with Crippen LogP contribution in [0.15, 0.2) is 60.8 Å². The Morgan fingerprint density at radius 1 is 1.11 bits per heavy atom. The SMILES string of the molecule is O=C(Cn1ccc(C(F)(F)F)n1)Nc1ccccc1Oc1cccc(F)c1. The lowest BCUT2D eigenvalue weighted by Crippen LogP contribution is -2.20. The Hall–Kier alpha value is -3.36. The summed E-state index contributed by atoms with van der Waals surface area (Å²) in [7, 11) is 0. The fourth-order valence-electron chi connectivity index (χ4n) is 2.25. The maximum Gasteiger partial charge on any atom is 0.435 e. The molecule has 0 spiro atoms. The number of para-hydroxylation sites is 2. The Kier molecular flexibility index (Phi) is 5.11. The monoisotopic (exact) mass is 379 g/mol. The van der Waals surface area contributed by atoms with Gasteiger partial charge in [0.15, 0.2) is 11.4 Å². The molecule has 3 rings (SSSR count). The van der Waals surface area contributed by atoms with Gasteiger partial charge in [0, 0.05) is 12.3 Å². The number of rotatable bonds is 5. The third kappa shape index (κ3) is 4.84. The second-order valence-electron chi connectivity index (χ2n) is 5.50. The van der Waals surface area contributed by atoms with Gasteiger partial charge in [0.1, 0.15) is 18.1 Å². The van der Waals surface area contributed by atoms with E-state index in [2.05, 4.69) is 10.4 Å². The summed E-state index contributed by atoms with van der Waals surface area (Å²) in [6, 6.07) is 12.7. The molecule has 9 heteroatoms. The molecule has 3 aromatic rings. The van der Waals surface area contributed by atoms with Crippen LogP contribution in [-0.4, -0.2) is 15.7 Å². The molecule has 1 N–H and O–H groups in total. The van der Waals surface area contributed by atoms with Gasteiger partial charge in [0.05, 0.1) is 5.69 Å². The smallest absolute Gasteiger partial charge is 0.435 e. The van der Waals surface area contributed by atoms with Crippen LogP contribution in [0.4, 0.5) is 23.2 Å². The Labute approximate surface area is 151 Å². The molecule has 0 radical (unpaired) electrons. The molecule has 1 heterocycles.